The third-order valence-electron chi connectivity index (χ3n) is 4.21. The zero-order valence-electron chi connectivity index (χ0n) is 15.9. The van der Waals surface area contributed by atoms with Crippen LogP contribution in [0.5, 0.6) is 0 Å². The molecule has 7 nitrogen and oxygen atoms in total. The van der Waals surface area contributed by atoms with E-state index in [2.05, 4.69) is 10.0 Å². The van der Waals surface area contributed by atoms with Crippen LogP contribution in [0.2, 0.25) is 0 Å². The highest BCUT2D eigenvalue weighted by molar-refractivity contribution is 7.92. The van der Waals surface area contributed by atoms with Crippen LogP contribution in [0.15, 0.2) is 48.5 Å². The largest absolute Gasteiger partial charge is 0.378 e. The van der Waals surface area contributed by atoms with Crippen molar-refractivity contribution in [2.75, 3.05) is 47.5 Å². The summed E-state index contributed by atoms with van der Waals surface area (Å²) in [5.41, 5.74) is 2.00. The van der Waals surface area contributed by atoms with Gasteiger partial charge in [0.05, 0.1) is 25.2 Å². The molecule has 2 aromatic rings. The molecule has 0 aromatic heterocycles. The molecule has 1 aliphatic rings. The van der Waals surface area contributed by atoms with Gasteiger partial charge >= 0.3 is 0 Å². The fourth-order valence-corrected chi connectivity index (χ4v) is 3.44. The predicted octanol–water partition coefficient (Wildman–Crippen LogP) is 2.69. The molecular formula is C20H22FN3O4S. The molecule has 0 atom stereocenters. The Morgan fingerprint density at radius 1 is 1.10 bits per heavy atom. The zero-order valence-corrected chi connectivity index (χ0v) is 16.7. The minimum Gasteiger partial charge on any atom is -0.378 e. The maximum atomic E-state index is 14.4. The lowest BCUT2D eigenvalue weighted by molar-refractivity contribution is -0.111. The topological polar surface area (TPSA) is 87.7 Å². The van der Waals surface area contributed by atoms with Crippen LogP contribution in [0, 0.1) is 5.82 Å². The minimum absolute atomic E-state index is 0.363. The number of benzene rings is 2. The average molecular weight is 419 g/mol. The Balaban J connectivity index is 1.59. The van der Waals surface area contributed by atoms with E-state index >= 15 is 0 Å². The van der Waals surface area contributed by atoms with Gasteiger partial charge in [0.2, 0.25) is 15.9 Å². The van der Waals surface area contributed by atoms with E-state index in [9.17, 15) is 17.6 Å². The number of sulfonamides is 1. The summed E-state index contributed by atoms with van der Waals surface area (Å²) in [7, 11) is -3.34. The normalized spacial score (nSPS) is 14.8. The van der Waals surface area contributed by atoms with E-state index in [1.807, 2.05) is 4.90 Å². The summed E-state index contributed by atoms with van der Waals surface area (Å²) in [4.78, 5) is 14.0. The fraction of sp³-hybridized carbons (Fsp3) is 0.250. The molecule has 1 fully saturated rings. The van der Waals surface area contributed by atoms with Gasteiger partial charge in [0.15, 0.2) is 0 Å². The van der Waals surface area contributed by atoms with Crippen molar-refractivity contribution in [1.29, 1.82) is 0 Å². The molecule has 0 spiro atoms. The second-order valence-electron chi connectivity index (χ2n) is 6.58. The highest BCUT2D eigenvalue weighted by Crippen LogP contribution is 2.23. The fourth-order valence-electron chi connectivity index (χ4n) is 2.88. The Kier molecular flexibility index (Phi) is 6.50. The van der Waals surface area contributed by atoms with Gasteiger partial charge in [0, 0.05) is 30.5 Å². The van der Waals surface area contributed by atoms with Gasteiger partial charge in [-0.25, -0.2) is 12.8 Å². The number of carbonyl (C=O) groups excluding carboxylic acids is 1. The van der Waals surface area contributed by atoms with Gasteiger partial charge in [-0.05, 0) is 42.0 Å². The van der Waals surface area contributed by atoms with Gasteiger partial charge in [-0.1, -0.05) is 12.1 Å². The molecule has 2 aromatic carbocycles. The van der Waals surface area contributed by atoms with Gasteiger partial charge < -0.3 is 15.0 Å². The van der Waals surface area contributed by atoms with Crippen LogP contribution in [0.1, 0.15) is 5.56 Å². The van der Waals surface area contributed by atoms with Gasteiger partial charge in [-0.3, -0.25) is 9.52 Å². The minimum atomic E-state index is -3.34. The summed E-state index contributed by atoms with van der Waals surface area (Å²) in [6, 6.07) is 11.1. The molecule has 1 heterocycles. The molecular weight excluding hydrogens is 397 g/mol. The van der Waals surface area contributed by atoms with E-state index in [0.717, 1.165) is 6.26 Å². The number of halogens is 1. The van der Waals surface area contributed by atoms with Gasteiger partial charge in [0.25, 0.3) is 0 Å². The maximum absolute atomic E-state index is 14.4. The molecule has 0 bridgehead atoms. The van der Waals surface area contributed by atoms with Crippen molar-refractivity contribution >= 4 is 39.1 Å². The van der Waals surface area contributed by atoms with E-state index < -0.39 is 21.7 Å². The monoisotopic (exact) mass is 419 g/mol. The molecule has 0 saturated carbocycles. The first-order chi connectivity index (χ1) is 13.8. The maximum Gasteiger partial charge on any atom is 0.248 e. The van der Waals surface area contributed by atoms with Crippen LogP contribution in [-0.2, 0) is 19.6 Å². The van der Waals surface area contributed by atoms with Crippen LogP contribution in [0.3, 0.4) is 0 Å². The number of nitrogens with zero attached hydrogens (tertiary/aromatic N) is 1. The van der Waals surface area contributed by atoms with Gasteiger partial charge in [0.1, 0.15) is 5.82 Å². The number of nitrogens with one attached hydrogen (secondary N) is 2. The Morgan fingerprint density at radius 3 is 2.38 bits per heavy atom. The molecule has 2 N–H and O–H groups in total. The summed E-state index contributed by atoms with van der Waals surface area (Å²) in [6.45, 7) is 2.38. The van der Waals surface area contributed by atoms with Crippen molar-refractivity contribution < 1.29 is 22.3 Å². The molecule has 0 unspecified atom stereocenters. The van der Waals surface area contributed by atoms with Crippen molar-refractivity contribution in [3.63, 3.8) is 0 Å². The van der Waals surface area contributed by atoms with Crippen molar-refractivity contribution in [3.05, 3.63) is 59.9 Å². The Hall–Kier alpha value is -2.91. The van der Waals surface area contributed by atoms with Crippen molar-refractivity contribution in [3.8, 4) is 0 Å². The lowest BCUT2D eigenvalue weighted by Gasteiger charge is -2.29. The molecule has 1 amide bonds. The summed E-state index contributed by atoms with van der Waals surface area (Å²) >= 11 is 0. The number of hydrogen-bond acceptors (Lipinski definition) is 5. The average Bonchev–Trinajstić information content (AvgIpc) is 2.67. The lowest BCUT2D eigenvalue weighted by atomic mass is 10.2. The quantitative estimate of drug-likeness (QED) is 0.703. The summed E-state index contributed by atoms with van der Waals surface area (Å²) in [6.07, 6.45) is 3.98. The highest BCUT2D eigenvalue weighted by atomic mass is 32.2. The first-order valence-corrected chi connectivity index (χ1v) is 10.9. The smallest absolute Gasteiger partial charge is 0.248 e. The highest BCUT2D eigenvalue weighted by Gasteiger charge is 2.15. The third kappa shape index (κ3) is 6.30. The molecule has 1 saturated heterocycles. The lowest BCUT2D eigenvalue weighted by Crippen LogP contribution is -2.36. The number of amides is 1. The van der Waals surface area contributed by atoms with Crippen LogP contribution in [-0.4, -0.2) is 46.9 Å². The second kappa shape index (κ2) is 9.06. The molecule has 1 aliphatic heterocycles. The third-order valence-corrected chi connectivity index (χ3v) is 4.81. The van der Waals surface area contributed by atoms with Crippen molar-refractivity contribution in [2.24, 2.45) is 0 Å². The number of morpholine rings is 1. The van der Waals surface area contributed by atoms with Crippen LogP contribution in [0.4, 0.5) is 21.5 Å². The van der Waals surface area contributed by atoms with E-state index in [-0.39, 0.29) is 0 Å². The number of anilines is 3. The number of rotatable bonds is 6. The first-order valence-electron chi connectivity index (χ1n) is 8.99. The van der Waals surface area contributed by atoms with Crippen LogP contribution in [0.25, 0.3) is 6.08 Å². The van der Waals surface area contributed by atoms with Crippen LogP contribution >= 0.6 is 0 Å². The van der Waals surface area contributed by atoms with Crippen LogP contribution < -0.4 is 14.9 Å². The van der Waals surface area contributed by atoms with E-state index in [1.165, 1.54) is 12.1 Å². The molecule has 0 radical (unpaired) electrons. The Bertz CT molecular complexity index is 1000. The number of carbonyl (C=O) groups is 1. The Morgan fingerprint density at radius 2 is 1.76 bits per heavy atom. The molecule has 3 rings (SSSR count). The van der Waals surface area contributed by atoms with E-state index in [4.69, 9.17) is 4.74 Å². The first kappa shape index (κ1) is 20.8. The number of ether oxygens (including phenoxy) is 1. The Labute approximate surface area is 169 Å². The summed E-state index contributed by atoms with van der Waals surface area (Å²) in [5, 5.41) is 2.62. The molecule has 154 valence electrons. The molecule has 9 heteroatoms. The summed E-state index contributed by atoms with van der Waals surface area (Å²) < 4.78 is 44.4. The predicted molar refractivity (Wildman–Crippen MR) is 112 cm³/mol. The van der Waals surface area contributed by atoms with Gasteiger partial charge in [-0.15, -0.1) is 0 Å². The number of hydrogen-bond donors (Lipinski definition) is 2. The molecule has 0 aliphatic carbocycles. The SMILES string of the molecule is CS(=O)(=O)Nc1ccc(/C=C/C(=O)Nc2ccc(N3CCOCC3)c(F)c2)cc1. The van der Waals surface area contributed by atoms with Crippen molar-refractivity contribution in [1.82, 2.24) is 0 Å². The van der Waals surface area contributed by atoms with Crippen molar-refractivity contribution in [2.45, 2.75) is 0 Å². The standard InChI is InChI=1S/C20H22FN3O4S/c1-29(26,27)23-16-5-2-15(3-6-16)4-9-20(25)22-17-7-8-19(18(21)14-17)24-10-12-28-13-11-24/h2-9,14,23H,10-13H2,1H3,(H,22,25)/b9-4+. The summed E-state index contributed by atoms with van der Waals surface area (Å²) in [5.74, 6) is -0.801. The van der Waals surface area contributed by atoms with E-state index in [1.54, 1.807) is 42.5 Å². The second-order valence-corrected chi connectivity index (χ2v) is 8.33. The zero-order chi connectivity index (χ0) is 20.9. The van der Waals surface area contributed by atoms with E-state index in [0.29, 0.717) is 48.9 Å². The van der Waals surface area contributed by atoms with Gasteiger partial charge in [-0.2, -0.15) is 0 Å². The molecule has 29 heavy (non-hydrogen) atoms.